The molecule has 0 saturated heterocycles. The maximum atomic E-state index is 11.2. The van der Waals surface area contributed by atoms with Crippen LogP contribution in [0.3, 0.4) is 0 Å². The van der Waals surface area contributed by atoms with Crippen LogP contribution in [0.15, 0.2) is 29.5 Å². The molecule has 0 atom stereocenters. The molecular formula is C15H17N5O4. The van der Waals surface area contributed by atoms with Crippen LogP contribution in [0.1, 0.15) is 19.0 Å². The highest BCUT2D eigenvalue weighted by Gasteiger charge is 2.10. The van der Waals surface area contributed by atoms with Gasteiger partial charge in [-0.05, 0) is 12.1 Å². The summed E-state index contributed by atoms with van der Waals surface area (Å²) in [6, 6.07) is 4.92. The number of pyridine rings is 1. The van der Waals surface area contributed by atoms with Crippen LogP contribution in [0.5, 0.6) is 23.5 Å². The lowest BCUT2D eigenvalue weighted by Crippen LogP contribution is -2.15. The van der Waals surface area contributed by atoms with Gasteiger partial charge in [0.2, 0.25) is 17.7 Å². The van der Waals surface area contributed by atoms with Crippen molar-refractivity contribution in [1.29, 1.82) is 0 Å². The molecule has 1 amide bonds. The predicted molar refractivity (Wildman–Crippen MR) is 85.5 cm³/mol. The molecule has 0 bridgehead atoms. The second-order valence-corrected chi connectivity index (χ2v) is 4.37. The minimum absolute atomic E-state index is 0.0337. The van der Waals surface area contributed by atoms with Gasteiger partial charge in [0.05, 0.1) is 26.5 Å². The van der Waals surface area contributed by atoms with Gasteiger partial charge in [-0.25, -0.2) is 5.43 Å². The van der Waals surface area contributed by atoms with Gasteiger partial charge in [-0.3, -0.25) is 9.78 Å². The van der Waals surface area contributed by atoms with Crippen molar-refractivity contribution in [2.75, 3.05) is 14.2 Å². The van der Waals surface area contributed by atoms with Crippen LogP contribution in [0, 0.1) is 0 Å². The fourth-order valence-electron chi connectivity index (χ4n) is 1.57. The molecule has 0 aliphatic heterocycles. The third kappa shape index (κ3) is 4.63. The summed E-state index contributed by atoms with van der Waals surface area (Å²) < 4.78 is 15.8. The Balaban J connectivity index is 2.22. The van der Waals surface area contributed by atoms with Gasteiger partial charge in [0.1, 0.15) is 5.69 Å². The SMILES string of the molecule is CCC(=O)N/N=C/c1ncccc1Oc1nc(OC)cc(OC)n1. The molecule has 0 aliphatic rings. The Morgan fingerprint density at radius 2 is 2.00 bits per heavy atom. The minimum Gasteiger partial charge on any atom is -0.481 e. The van der Waals surface area contributed by atoms with Crippen LogP contribution >= 0.6 is 0 Å². The van der Waals surface area contributed by atoms with Gasteiger partial charge in [-0.15, -0.1) is 0 Å². The Morgan fingerprint density at radius 1 is 1.29 bits per heavy atom. The van der Waals surface area contributed by atoms with Gasteiger partial charge in [0, 0.05) is 12.6 Å². The van der Waals surface area contributed by atoms with Crippen LogP contribution in [-0.2, 0) is 4.79 Å². The standard InChI is InChI=1S/C15H17N5O4/c1-4-12(21)20-17-9-10-11(6-5-7-16-10)24-15-18-13(22-2)8-14(19-15)23-3/h5-9H,4H2,1-3H3,(H,20,21)/b17-9+. The van der Waals surface area contributed by atoms with E-state index in [1.807, 2.05) is 0 Å². The molecule has 2 heterocycles. The van der Waals surface area contributed by atoms with Crippen LogP contribution in [-0.4, -0.2) is 41.3 Å². The smallest absolute Gasteiger partial charge is 0.328 e. The van der Waals surface area contributed by atoms with Crippen LogP contribution in [0.2, 0.25) is 0 Å². The number of amides is 1. The summed E-state index contributed by atoms with van der Waals surface area (Å²) in [6.07, 6.45) is 3.28. The van der Waals surface area contributed by atoms with E-state index in [1.54, 1.807) is 25.3 Å². The summed E-state index contributed by atoms with van der Waals surface area (Å²) in [5, 5.41) is 3.82. The third-order valence-corrected chi connectivity index (χ3v) is 2.78. The average Bonchev–Trinajstić information content (AvgIpc) is 2.62. The van der Waals surface area contributed by atoms with Gasteiger partial charge >= 0.3 is 6.01 Å². The number of ether oxygens (including phenoxy) is 3. The number of nitrogens with zero attached hydrogens (tertiary/aromatic N) is 4. The first-order chi connectivity index (χ1) is 11.7. The molecule has 2 aromatic rings. The number of carbonyl (C=O) groups is 1. The van der Waals surface area contributed by atoms with E-state index in [-0.39, 0.29) is 11.9 Å². The molecule has 9 heteroatoms. The maximum Gasteiger partial charge on any atom is 0.328 e. The highest BCUT2D eigenvalue weighted by atomic mass is 16.5. The molecule has 0 radical (unpaired) electrons. The predicted octanol–water partition coefficient (Wildman–Crippen LogP) is 1.54. The first-order valence-electron chi connectivity index (χ1n) is 7.08. The lowest BCUT2D eigenvalue weighted by molar-refractivity contribution is -0.120. The van der Waals surface area contributed by atoms with Crippen LogP contribution in [0.25, 0.3) is 0 Å². The van der Waals surface area contributed by atoms with Crippen molar-refractivity contribution in [2.24, 2.45) is 5.10 Å². The van der Waals surface area contributed by atoms with E-state index >= 15 is 0 Å². The van der Waals surface area contributed by atoms with Crippen molar-refractivity contribution in [3.8, 4) is 23.5 Å². The number of aromatic nitrogens is 3. The maximum absolute atomic E-state index is 11.2. The van der Waals surface area contributed by atoms with E-state index in [1.165, 1.54) is 26.5 Å². The molecule has 0 unspecified atom stereocenters. The van der Waals surface area contributed by atoms with E-state index in [9.17, 15) is 4.79 Å². The van der Waals surface area contributed by atoms with Crippen molar-refractivity contribution in [1.82, 2.24) is 20.4 Å². The highest BCUT2D eigenvalue weighted by molar-refractivity contribution is 5.83. The Bertz CT molecular complexity index is 713. The summed E-state index contributed by atoms with van der Waals surface area (Å²) in [7, 11) is 2.95. The van der Waals surface area contributed by atoms with Crippen molar-refractivity contribution in [3.63, 3.8) is 0 Å². The molecule has 126 valence electrons. The quantitative estimate of drug-likeness (QED) is 0.605. The summed E-state index contributed by atoms with van der Waals surface area (Å²) in [4.78, 5) is 23.5. The zero-order chi connectivity index (χ0) is 17.4. The van der Waals surface area contributed by atoms with Crippen molar-refractivity contribution in [2.45, 2.75) is 13.3 Å². The monoisotopic (exact) mass is 331 g/mol. The summed E-state index contributed by atoms with van der Waals surface area (Å²) in [5.74, 6) is 0.755. The second-order valence-electron chi connectivity index (χ2n) is 4.37. The molecule has 0 aromatic carbocycles. The van der Waals surface area contributed by atoms with Crippen molar-refractivity contribution < 1.29 is 19.0 Å². The highest BCUT2D eigenvalue weighted by Crippen LogP contribution is 2.24. The summed E-state index contributed by atoms with van der Waals surface area (Å²) in [5.41, 5.74) is 2.77. The third-order valence-electron chi connectivity index (χ3n) is 2.78. The van der Waals surface area contributed by atoms with Crippen LogP contribution < -0.4 is 19.6 Å². The van der Waals surface area contributed by atoms with Gasteiger partial charge in [0.25, 0.3) is 0 Å². The first-order valence-corrected chi connectivity index (χ1v) is 7.08. The van der Waals surface area contributed by atoms with Gasteiger partial charge in [-0.1, -0.05) is 6.92 Å². The topological polar surface area (TPSA) is 108 Å². The van der Waals surface area contributed by atoms with Gasteiger partial charge in [-0.2, -0.15) is 15.1 Å². The second kappa shape index (κ2) is 8.42. The zero-order valence-corrected chi connectivity index (χ0v) is 13.5. The lowest BCUT2D eigenvalue weighted by atomic mass is 10.3. The largest absolute Gasteiger partial charge is 0.481 e. The van der Waals surface area contributed by atoms with Gasteiger partial charge in [0.15, 0.2) is 5.75 Å². The molecule has 1 N–H and O–H groups in total. The van der Waals surface area contributed by atoms with E-state index in [0.29, 0.717) is 29.6 Å². The number of methoxy groups -OCH3 is 2. The number of hydrogen-bond donors (Lipinski definition) is 1. The average molecular weight is 331 g/mol. The number of hydrogen-bond acceptors (Lipinski definition) is 8. The van der Waals surface area contributed by atoms with Crippen LogP contribution in [0.4, 0.5) is 0 Å². The first kappa shape index (κ1) is 17.1. The number of carbonyl (C=O) groups excluding carboxylic acids is 1. The molecule has 24 heavy (non-hydrogen) atoms. The molecule has 2 aromatic heterocycles. The number of hydrazone groups is 1. The number of rotatable bonds is 7. The Morgan fingerprint density at radius 3 is 2.62 bits per heavy atom. The molecule has 0 spiro atoms. The molecule has 0 aliphatic carbocycles. The number of nitrogens with one attached hydrogen (secondary N) is 1. The van der Waals surface area contributed by atoms with E-state index in [2.05, 4.69) is 25.5 Å². The summed E-state index contributed by atoms with van der Waals surface area (Å²) in [6.45, 7) is 1.73. The van der Waals surface area contributed by atoms with E-state index < -0.39 is 0 Å². The molecular weight excluding hydrogens is 314 g/mol. The van der Waals surface area contributed by atoms with E-state index in [4.69, 9.17) is 14.2 Å². The lowest BCUT2D eigenvalue weighted by Gasteiger charge is -2.08. The minimum atomic E-state index is -0.203. The van der Waals surface area contributed by atoms with Gasteiger partial charge < -0.3 is 14.2 Å². The molecule has 9 nitrogen and oxygen atoms in total. The zero-order valence-electron chi connectivity index (χ0n) is 13.5. The normalized spacial score (nSPS) is 10.5. The Labute approximate surface area is 138 Å². The van der Waals surface area contributed by atoms with Crippen molar-refractivity contribution >= 4 is 12.1 Å². The molecule has 2 rings (SSSR count). The fraction of sp³-hybridized carbons (Fsp3) is 0.267. The Hall–Kier alpha value is -3.23. The van der Waals surface area contributed by atoms with Crippen molar-refractivity contribution in [3.05, 3.63) is 30.1 Å². The Kier molecular flexibility index (Phi) is 6.01. The van der Waals surface area contributed by atoms with E-state index in [0.717, 1.165) is 0 Å². The summed E-state index contributed by atoms with van der Waals surface area (Å²) >= 11 is 0. The molecule has 0 saturated carbocycles. The fourth-order valence-corrected chi connectivity index (χ4v) is 1.57. The molecule has 0 fully saturated rings.